The predicted molar refractivity (Wildman–Crippen MR) is 67.1 cm³/mol. The van der Waals surface area contributed by atoms with Crippen LogP contribution in [0.25, 0.3) is 5.57 Å². The molecule has 0 radical (unpaired) electrons. The molecule has 3 heterocycles. The summed E-state index contributed by atoms with van der Waals surface area (Å²) in [5, 5.41) is 8.77. The highest BCUT2D eigenvalue weighted by Gasteiger charge is 2.51. The SMILES string of the molecule is O=C(O)CCC1=C2C=CC=[N+]2[B-](F)(F)n2cccc21. The van der Waals surface area contributed by atoms with Crippen molar-refractivity contribution in [2.75, 3.05) is 0 Å². The van der Waals surface area contributed by atoms with Crippen LogP contribution in [0.4, 0.5) is 8.63 Å². The molecule has 98 valence electrons. The van der Waals surface area contributed by atoms with E-state index < -0.39 is 12.9 Å². The first-order valence-electron chi connectivity index (χ1n) is 5.96. The summed E-state index contributed by atoms with van der Waals surface area (Å²) in [6.07, 6.45) is 5.97. The van der Waals surface area contributed by atoms with Gasteiger partial charge in [-0.05, 0) is 24.8 Å². The van der Waals surface area contributed by atoms with Crippen LogP contribution in [0.5, 0.6) is 0 Å². The molecule has 3 rings (SSSR count). The van der Waals surface area contributed by atoms with Gasteiger partial charge in [-0.3, -0.25) is 4.79 Å². The third-order valence-electron chi connectivity index (χ3n) is 3.43. The minimum atomic E-state index is -3.88. The first-order chi connectivity index (χ1) is 9.01. The molecule has 0 amide bonds. The molecule has 0 bridgehead atoms. The molecule has 4 nitrogen and oxygen atoms in total. The van der Waals surface area contributed by atoms with Gasteiger partial charge in [0.1, 0.15) is 6.21 Å². The third kappa shape index (κ3) is 1.65. The summed E-state index contributed by atoms with van der Waals surface area (Å²) < 4.78 is 30.4. The summed E-state index contributed by atoms with van der Waals surface area (Å²) in [4.78, 5) is 10.7. The van der Waals surface area contributed by atoms with E-state index in [1.807, 2.05) is 0 Å². The van der Waals surface area contributed by atoms with Crippen molar-refractivity contribution in [3.05, 3.63) is 41.9 Å². The molecule has 1 aromatic rings. The zero-order chi connectivity index (χ0) is 13.6. The Hall–Kier alpha value is -2.18. The van der Waals surface area contributed by atoms with Gasteiger partial charge in [0, 0.05) is 29.8 Å². The van der Waals surface area contributed by atoms with Crippen LogP contribution in [0.15, 0.2) is 36.2 Å². The number of rotatable bonds is 3. The van der Waals surface area contributed by atoms with E-state index in [1.165, 1.54) is 12.4 Å². The molecule has 2 aliphatic rings. The van der Waals surface area contributed by atoms with Crippen molar-refractivity contribution >= 4 is 24.7 Å². The first kappa shape index (κ1) is 11.9. The molecule has 0 saturated carbocycles. The van der Waals surface area contributed by atoms with Gasteiger partial charge in [0.25, 0.3) is 0 Å². The Morgan fingerprint density at radius 1 is 1.47 bits per heavy atom. The Labute approximate surface area is 108 Å². The fourth-order valence-corrected chi connectivity index (χ4v) is 2.59. The van der Waals surface area contributed by atoms with Gasteiger partial charge in [-0.2, -0.15) is 0 Å². The molecular weight excluding hydrogens is 253 g/mol. The fraction of sp³-hybridized carbons (Fsp3) is 0.167. The number of nitrogens with zero attached hydrogens (tertiary/aromatic N) is 2. The highest BCUT2D eigenvalue weighted by molar-refractivity contribution is 6.57. The number of carboxylic acid groups (broad SMARTS) is 1. The Kier molecular flexibility index (Phi) is 2.45. The van der Waals surface area contributed by atoms with E-state index >= 15 is 0 Å². The largest absolute Gasteiger partial charge is 0.736 e. The molecule has 0 fully saturated rings. The van der Waals surface area contributed by atoms with Crippen molar-refractivity contribution in [1.29, 1.82) is 0 Å². The lowest BCUT2D eigenvalue weighted by molar-refractivity contribution is -0.356. The second-order valence-corrected chi connectivity index (χ2v) is 4.56. The maximum Gasteiger partial charge on any atom is 0.736 e. The summed E-state index contributed by atoms with van der Waals surface area (Å²) >= 11 is 0. The van der Waals surface area contributed by atoms with Crippen molar-refractivity contribution in [3.63, 3.8) is 0 Å². The van der Waals surface area contributed by atoms with Gasteiger partial charge in [0.05, 0.1) is 0 Å². The Morgan fingerprint density at radius 3 is 3.00 bits per heavy atom. The van der Waals surface area contributed by atoms with E-state index in [0.717, 1.165) is 8.96 Å². The summed E-state index contributed by atoms with van der Waals surface area (Å²) in [5.41, 5.74) is 1.44. The lowest BCUT2D eigenvalue weighted by Crippen LogP contribution is -2.49. The molecule has 0 aromatic carbocycles. The highest BCUT2D eigenvalue weighted by Crippen LogP contribution is 2.36. The highest BCUT2D eigenvalue weighted by atomic mass is 19.2. The number of hydrogen-bond acceptors (Lipinski definition) is 1. The Bertz CT molecular complexity index is 658. The van der Waals surface area contributed by atoms with Crippen LogP contribution in [0.3, 0.4) is 0 Å². The van der Waals surface area contributed by atoms with Gasteiger partial charge in [-0.25, -0.2) is 0 Å². The summed E-state index contributed by atoms with van der Waals surface area (Å²) in [5.74, 6) is -0.938. The molecule has 1 N–H and O–H groups in total. The number of carboxylic acids is 1. The summed E-state index contributed by atoms with van der Waals surface area (Å²) in [7, 11) is 0. The Balaban J connectivity index is 2.14. The van der Waals surface area contributed by atoms with Crippen LogP contribution in [-0.4, -0.2) is 33.2 Å². The normalized spacial score (nSPS) is 19.2. The number of fused-ring (bicyclic) bond motifs is 2. The molecule has 1 aromatic heterocycles. The zero-order valence-corrected chi connectivity index (χ0v) is 9.96. The molecule has 0 saturated heterocycles. The maximum atomic E-state index is 14.3. The van der Waals surface area contributed by atoms with Crippen molar-refractivity contribution < 1.29 is 23.0 Å². The molecule has 19 heavy (non-hydrogen) atoms. The first-order valence-corrected chi connectivity index (χ1v) is 5.96. The van der Waals surface area contributed by atoms with E-state index in [9.17, 15) is 13.4 Å². The maximum absolute atomic E-state index is 14.3. The quantitative estimate of drug-likeness (QED) is 0.848. The van der Waals surface area contributed by atoms with E-state index in [0.29, 0.717) is 17.0 Å². The Morgan fingerprint density at radius 2 is 2.26 bits per heavy atom. The lowest BCUT2D eigenvalue weighted by atomic mass is 9.87. The number of aromatic nitrogens is 1. The van der Waals surface area contributed by atoms with E-state index in [2.05, 4.69) is 0 Å². The number of allylic oxidation sites excluding steroid dienone is 3. The van der Waals surface area contributed by atoms with Crippen LogP contribution in [-0.2, 0) is 4.79 Å². The van der Waals surface area contributed by atoms with Gasteiger partial charge in [0.2, 0.25) is 0 Å². The van der Waals surface area contributed by atoms with Crippen molar-refractivity contribution in [3.8, 4) is 0 Å². The van der Waals surface area contributed by atoms with Gasteiger partial charge >= 0.3 is 12.9 Å². The molecule has 0 spiro atoms. The van der Waals surface area contributed by atoms with E-state index in [1.54, 1.807) is 24.3 Å². The third-order valence-corrected chi connectivity index (χ3v) is 3.43. The monoisotopic (exact) mass is 264 g/mol. The second-order valence-electron chi connectivity index (χ2n) is 4.56. The number of halogens is 2. The number of carbonyl (C=O) groups is 1. The van der Waals surface area contributed by atoms with Crippen molar-refractivity contribution in [1.82, 2.24) is 4.48 Å². The minimum Gasteiger partial charge on any atom is -0.481 e. The van der Waals surface area contributed by atoms with E-state index in [4.69, 9.17) is 5.11 Å². The smallest absolute Gasteiger partial charge is 0.481 e. The molecule has 0 unspecified atom stereocenters. The molecule has 7 heteroatoms. The zero-order valence-electron chi connectivity index (χ0n) is 9.96. The fourth-order valence-electron chi connectivity index (χ4n) is 2.59. The van der Waals surface area contributed by atoms with Gasteiger partial charge in [0.15, 0.2) is 5.70 Å². The van der Waals surface area contributed by atoms with Crippen LogP contribution < -0.4 is 0 Å². The molecule has 0 aliphatic carbocycles. The van der Waals surface area contributed by atoms with Crippen LogP contribution in [0, 0.1) is 0 Å². The number of aliphatic carboxylic acids is 1. The summed E-state index contributed by atoms with van der Waals surface area (Å²) in [6.45, 7) is -3.88. The second kappa shape index (κ2) is 3.91. The van der Waals surface area contributed by atoms with Crippen LogP contribution in [0.1, 0.15) is 18.5 Å². The van der Waals surface area contributed by atoms with E-state index in [-0.39, 0.29) is 12.8 Å². The van der Waals surface area contributed by atoms with Crippen molar-refractivity contribution in [2.45, 2.75) is 12.8 Å². The standard InChI is InChI=1S/C12H11BF2N2O2/c14-13(15)16-7-1-3-10(16)9(5-6-12(18)19)11-4-2-8-17(11)13/h1-4,7-8H,5-6H2,(H,18,19). The van der Waals surface area contributed by atoms with Crippen LogP contribution in [0.2, 0.25) is 0 Å². The van der Waals surface area contributed by atoms with Gasteiger partial charge in [-0.15, -0.1) is 0 Å². The predicted octanol–water partition coefficient (Wildman–Crippen LogP) is 1.95. The summed E-state index contributed by atoms with van der Waals surface area (Å²) in [6, 6.07) is 3.15. The van der Waals surface area contributed by atoms with Gasteiger partial charge in [-0.1, -0.05) is 0 Å². The van der Waals surface area contributed by atoms with Crippen molar-refractivity contribution in [2.24, 2.45) is 0 Å². The number of hydrogen-bond donors (Lipinski definition) is 1. The molecule has 2 aliphatic heterocycles. The molecular formula is C12H11BF2N2O2. The average molecular weight is 264 g/mol. The molecule has 0 atom stereocenters. The van der Waals surface area contributed by atoms with Crippen LogP contribution >= 0.6 is 0 Å². The minimum absolute atomic E-state index is 0.0791. The average Bonchev–Trinajstić information content (AvgIpc) is 2.96. The van der Waals surface area contributed by atoms with Gasteiger partial charge < -0.3 is 22.7 Å². The topological polar surface area (TPSA) is 45.2 Å². The lowest BCUT2D eigenvalue weighted by Gasteiger charge is -2.30.